The predicted molar refractivity (Wildman–Crippen MR) is 118 cm³/mol. The van der Waals surface area contributed by atoms with Crippen molar-refractivity contribution in [3.05, 3.63) is 47.5 Å². The minimum Gasteiger partial charge on any atom is -0.287 e. The maximum absolute atomic E-state index is 14.2. The van der Waals surface area contributed by atoms with Crippen LogP contribution in [-0.4, -0.2) is 23.6 Å². The van der Waals surface area contributed by atoms with Crippen LogP contribution in [0.5, 0.6) is 0 Å². The van der Waals surface area contributed by atoms with Gasteiger partial charge >= 0.3 is 6.18 Å². The van der Waals surface area contributed by atoms with E-state index in [4.69, 9.17) is 0 Å². The van der Waals surface area contributed by atoms with E-state index in [2.05, 4.69) is 12.3 Å². The van der Waals surface area contributed by atoms with Crippen LogP contribution in [0.1, 0.15) is 76.5 Å². The van der Waals surface area contributed by atoms with Gasteiger partial charge in [0.1, 0.15) is 0 Å². The van der Waals surface area contributed by atoms with E-state index in [9.17, 15) is 18.0 Å². The molecule has 0 unspecified atom stereocenters. The number of hydrogen-bond acceptors (Lipinski definition) is 2. The summed E-state index contributed by atoms with van der Waals surface area (Å²) in [5.74, 6) is -0.384. The van der Waals surface area contributed by atoms with Crippen molar-refractivity contribution in [2.75, 3.05) is 6.54 Å². The van der Waals surface area contributed by atoms with Gasteiger partial charge in [0.15, 0.2) is 6.04 Å². The molecular formula is C25H33F3N2O. The SMILES string of the molecule is CCCCCCCCc1ccc([C@H](N2CC(C)(C)C(=O)N2)C(F)(F)F)c2ccccc12. The fourth-order valence-electron chi connectivity index (χ4n) is 4.43. The van der Waals surface area contributed by atoms with Crippen molar-refractivity contribution in [2.24, 2.45) is 5.41 Å². The Kier molecular flexibility index (Phi) is 7.30. The zero-order valence-corrected chi connectivity index (χ0v) is 18.7. The monoisotopic (exact) mass is 434 g/mol. The van der Waals surface area contributed by atoms with Gasteiger partial charge in [0.2, 0.25) is 5.91 Å². The number of halogens is 3. The summed E-state index contributed by atoms with van der Waals surface area (Å²) in [6, 6.07) is 8.88. The predicted octanol–water partition coefficient (Wildman–Crippen LogP) is 6.72. The molecule has 170 valence electrons. The molecule has 1 aliphatic rings. The zero-order valence-electron chi connectivity index (χ0n) is 18.7. The minimum atomic E-state index is -4.52. The highest BCUT2D eigenvalue weighted by atomic mass is 19.4. The summed E-state index contributed by atoms with van der Waals surface area (Å²) < 4.78 is 42.7. The first-order chi connectivity index (χ1) is 14.6. The Labute approximate surface area is 183 Å². The van der Waals surface area contributed by atoms with Crippen molar-refractivity contribution in [3.63, 3.8) is 0 Å². The van der Waals surface area contributed by atoms with Gasteiger partial charge in [-0.3, -0.25) is 10.2 Å². The molecule has 0 bridgehead atoms. The van der Waals surface area contributed by atoms with Gasteiger partial charge in [0.25, 0.3) is 0 Å². The fourth-order valence-corrected chi connectivity index (χ4v) is 4.43. The summed E-state index contributed by atoms with van der Waals surface area (Å²) in [5, 5.41) is 2.53. The number of alkyl halides is 3. The number of nitrogens with one attached hydrogen (secondary N) is 1. The smallest absolute Gasteiger partial charge is 0.287 e. The molecule has 31 heavy (non-hydrogen) atoms. The van der Waals surface area contributed by atoms with Gasteiger partial charge < -0.3 is 0 Å². The largest absolute Gasteiger partial charge is 0.409 e. The van der Waals surface area contributed by atoms with Crippen LogP contribution < -0.4 is 5.43 Å². The molecule has 6 heteroatoms. The number of aryl methyl sites for hydroxylation is 1. The highest BCUT2D eigenvalue weighted by Gasteiger charge is 2.51. The second-order valence-corrected chi connectivity index (χ2v) is 9.27. The molecule has 2 aromatic rings. The van der Waals surface area contributed by atoms with Gasteiger partial charge in [-0.25, -0.2) is 5.01 Å². The second-order valence-electron chi connectivity index (χ2n) is 9.27. The van der Waals surface area contributed by atoms with Crippen molar-refractivity contribution < 1.29 is 18.0 Å². The Hall–Kier alpha value is -2.08. The Morgan fingerprint density at radius 1 is 1.00 bits per heavy atom. The van der Waals surface area contributed by atoms with Gasteiger partial charge in [-0.05, 0) is 48.6 Å². The fraction of sp³-hybridized carbons (Fsp3) is 0.560. The van der Waals surface area contributed by atoms with Crippen molar-refractivity contribution in [1.82, 2.24) is 10.4 Å². The Morgan fingerprint density at radius 3 is 2.26 bits per heavy atom. The van der Waals surface area contributed by atoms with Gasteiger partial charge in [-0.1, -0.05) is 75.4 Å². The molecule has 1 saturated heterocycles. The third-order valence-corrected chi connectivity index (χ3v) is 6.19. The highest BCUT2D eigenvalue weighted by Crippen LogP contribution is 2.43. The average molecular weight is 435 g/mol. The number of nitrogens with zero attached hydrogens (tertiary/aromatic N) is 1. The van der Waals surface area contributed by atoms with E-state index in [1.54, 1.807) is 32.0 Å². The number of rotatable bonds is 9. The molecule has 3 nitrogen and oxygen atoms in total. The minimum absolute atomic E-state index is 0.00382. The number of benzene rings is 2. The zero-order chi connectivity index (χ0) is 22.6. The van der Waals surface area contributed by atoms with E-state index in [-0.39, 0.29) is 18.0 Å². The normalized spacial score (nSPS) is 17.8. The maximum Gasteiger partial charge on any atom is 0.409 e. The molecule has 1 aliphatic heterocycles. The first-order valence-corrected chi connectivity index (χ1v) is 11.3. The van der Waals surface area contributed by atoms with E-state index in [1.165, 1.54) is 25.7 Å². The molecule has 1 atom stereocenters. The summed E-state index contributed by atoms with van der Waals surface area (Å²) in [6.07, 6.45) is 3.41. The lowest BCUT2D eigenvalue weighted by Crippen LogP contribution is -2.43. The number of carbonyl (C=O) groups excluding carboxylic acids is 1. The number of amides is 1. The molecule has 2 aromatic carbocycles. The molecule has 0 saturated carbocycles. The van der Waals surface area contributed by atoms with E-state index < -0.39 is 17.6 Å². The van der Waals surface area contributed by atoms with Crippen molar-refractivity contribution >= 4 is 16.7 Å². The van der Waals surface area contributed by atoms with Crippen LogP contribution in [-0.2, 0) is 11.2 Å². The van der Waals surface area contributed by atoms with E-state index >= 15 is 0 Å². The Bertz CT molecular complexity index is 907. The molecule has 1 heterocycles. The third kappa shape index (κ3) is 5.40. The van der Waals surface area contributed by atoms with Gasteiger partial charge in [0.05, 0.1) is 5.41 Å². The molecular weight excluding hydrogens is 401 g/mol. The molecule has 1 N–H and O–H groups in total. The molecule has 0 spiro atoms. The number of unbranched alkanes of at least 4 members (excludes halogenated alkanes) is 5. The number of fused-ring (bicyclic) bond motifs is 1. The van der Waals surface area contributed by atoms with Crippen LogP contribution in [0, 0.1) is 5.41 Å². The molecule has 0 radical (unpaired) electrons. The summed E-state index contributed by atoms with van der Waals surface area (Å²) >= 11 is 0. The van der Waals surface area contributed by atoms with Crippen LogP contribution >= 0.6 is 0 Å². The van der Waals surface area contributed by atoms with E-state index in [1.807, 2.05) is 18.2 Å². The van der Waals surface area contributed by atoms with Crippen LogP contribution in [0.15, 0.2) is 36.4 Å². The number of hydrogen-bond donors (Lipinski definition) is 1. The first-order valence-electron chi connectivity index (χ1n) is 11.3. The first kappa shape index (κ1) is 23.6. The number of carbonyl (C=O) groups is 1. The third-order valence-electron chi connectivity index (χ3n) is 6.19. The summed E-state index contributed by atoms with van der Waals surface area (Å²) in [4.78, 5) is 12.2. The van der Waals surface area contributed by atoms with Crippen LogP contribution in [0.3, 0.4) is 0 Å². The Balaban J connectivity index is 1.90. The lowest BCUT2D eigenvalue weighted by atomic mass is 9.91. The molecule has 3 rings (SSSR count). The molecule has 1 amide bonds. The van der Waals surface area contributed by atoms with Crippen LogP contribution in [0.2, 0.25) is 0 Å². The van der Waals surface area contributed by atoms with Gasteiger partial charge in [-0.2, -0.15) is 13.2 Å². The van der Waals surface area contributed by atoms with E-state index in [0.29, 0.717) is 5.39 Å². The quantitative estimate of drug-likeness (QED) is 0.444. The number of hydrazine groups is 1. The Morgan fingerprint density at radius 2 is 1.65 bits per heavy atom. The molecule has 1 fully saturated rings. The lowest BCUT2D eigenvalue weighted by Gasteiger charge is -2.31. The second kappa shape index (κ2) is 9.60. The van der Waals surface area contributed by atoms with Crippen LogP contribution in [0.4, 0.5) is 13.2 Å². The summed E-state index contributed by atoms with van der Waals surface area (Å²) in [5.41, 5.74) is 2.87. The highest BCUT2D eigenvalue weighted by molar-refractivity contribution is 5.89. The standard InChI is InChI=1S/C25H33F3N2O/c1-4-5-6-7-8-9-12-18-15-16-21(20-14-11-10-13-19(18)20)22(25(26,27)28)30-17-24(2,3)23(31)29-30/h10-11,13-16,22H,4-9,12,17H2,1-3H3,(H,29,31)/t22-/m0/s1. The van der Waals surface area contributed by atoms with Crippen molar-refractivity contribution in [1.29, 1.82) is 0 Å². The van der Waals surface area contributed by atoms with Crippen molar-refractivity contribution in [3.8, 4) is 0 Å². The summed E-state index contributed by atoms with van der Waals surface area (Å²) in [6.45, 7) is 5.52. The summed E-state index contributed by atoms with van der Waals surface area (Å²) in [7, 11) is 0. The maximum atomic E-state index is 14.2. The van der Waals surface area contributed by atoms with E-state index in [0.717, 1.165) is 35.2 Å². The van der Waals surface area contributed by atoms with Crippen molar-refractivity contribution in [2.45, 2.75) is 77.9 Å². The molecule has 0 aliphatic carbocycles. The van der Waals surface area contributed by atoms with Crippen LogP contribution in [0.25, 0.3) is 10.8 Å². The molecule has 0 aromatic heterocycles. The van der Waals surface area contributed by atoms with Gasteiger partial charge in [-0.15, -0.1) is 0 Å². The van der Waals surface area contributed by atoms with Gasteiger partial charge in [0, 0.05) is 6.54 Å². The average Bonchev–Trinajstić information content (AvgIpc) is 2.96. The lowest BCUT2D eigenvalue weighted by molar-refractivity contribution is -0.191. The topological polar surface area (TPSA) is 32.3 Å².